The van der Waals surface area contributed by atoms with Gasteiger partial charge in [-0.1, -0.05) is 12.1 Å². The molecule has 0 radical (unpaired) electrons. The van der Waals surface area contributed by atoms with Crippen molar-refractivity contribution in [2.45, 2.75) is 20.3 Å². The van der Waals surface area contributed by atoms with E-state index in [4.69, 9.17) is 0 Å². The minimum absolute atomic E-state index is 0.0339. The number of carbonyl (C=O) groups excluding carboxylic acids is 2. The third-order valence-corrected chi connectivity index (χ3v) is 7.01. The van der Waals surface area contributed by atoms with E-state index in [0.717, 1.165) is 11.3 Å². The first kappa shape index (κ1) is 24.6. The summed E-state index contributed by atoms with van der Waals surface area (Å²) in [6.45, 7) is 3.53. The van der Waals surface area contributed by atoms with Crippen LogP contribution < -0.4 is 10.2 Å². The van der Waals surface area contributed by atoms with Crippen molar-refractivity contribution in [2.75, 3.05) is 30.8 Å². The fourth-order valence-corrected chi connectivity index (χ4v) is 4.28. The van der Waals surface area contributed by atoms with Gasteiger partial charge in [-0.2, -0.15) is 0 Å². The quantitative estimate of drug-likeness (QED) is 0.427. The first-order valence-electron chi connectivity index (χ1n) is 9.56. The molecule has 1 aromatic heterocycles. The summed E-state index contributed by atoms with van der Waals surface area (Å²) in [5.41, 5.74) is 0.555. The average molecular weight is 469 g/mol. The number of benzene rings is 1. The molecule has 31 heavy (non-hydrogen) atoms. The number of hydrogen-bond donors (Lipinski definition) is 1. The Labute approximate surface area is 185 Å². The summed E-state index contributed by atoms with van der Waals surface area (Å²) < 4.78 is 38.7. The highest BCUT2D eigenvalue weighted by molar-refractivity contribution is 7.89. The largest absolute Gasteiger partial charge is 0.353 e. The molecule has 1 heterocycles. The third-order valence-electron chi connectivity index (χ3n) is 4.30. The fourth-order valence-electron chi connectivity index (χ4n) is 2.59. The predicted molar refractivity (Wildman–Crippen MR) is 120 cm³/mol. The molecule has 2 rings (SSSR count). The van der Waals surface area contributed by atoms with Gasteiger partial charge in [-0.25, -0.2) is 22.1 Å². The molecule has 0 aliphatic heterocycles. The van der Waals surface area contributed by atoms with Gasteiger partial charge in [-0.05, 0) is 31.6 Å². The Morgan fingerprint density at radius 3 is 2.65 bits per heavy atom. The first-order chi connectivity index (χ1) is 14.7. The number of thiazole rings is 1. The van der Waals surface area contributed by atoms with E-state index in [0.29, 0.717) is 25.2 Å². The molecular weight excluding hydrogens is 443 g/mol. The van der Waals surface area contributed by atoms with E-state index in [1.54, 1.807) is 18.4 Å². The van der Waals surface area contributed by atoms with Gasteiger partial charge in [0.05, 0.1) is 17.1 Å². The lowest BCUT2D eigenvalue weighted by Gasteiger charge is -2.18. The van der Waals surface area contributed by atoms with Crippen molar-refractivity contribution >= 4 is 50.1 Å². The highest BCUT2D eigenvalue weighted by atomic mass is 32.2. The minimum atomic E-state index is -3.23. The van der Waals surface area contributed by atoms with Gasteiger partial charge in [-0.3, -0.25) is 14.5 Å². The van der Waals surface area contributed by atoms with Crippen molar-refractivity contribution < 1.29 is 22.4 Å². The zero-order valence-electron chi connectivity index (χ0n) is 17.5. The van der Waals surface area contributed by atoms with E-state index in [-0.39, 0.29) is 28.4 Å². The first-order valence-corrected chi connectivity index (χ1v) is 12.0. The Morgan fingerprint density at radius 2 is 2.00 bits per heavy atom. The summed E-state index contributed by atoms with van der Waals surface area (Å²) in [5, 5.41) is 4.62. The van der Waals surface area contributed by atoms with Crippen LogP contribution in [0, 0.1) is 5.82 Å². The highest BCUT2D eigenvalue weighted by Gasteiger charge is 2.20. The molecule has 0 unspecified atom stereocenters. The normalized spacial score (nSPS) is 11.8. The van der Waals surface area contributed by atoms with E-state index < -0.39 is 15.8 Å². The molecule has 0 bridgehead atoms. The molecule has 8 nitrogen and oxygen atoms in total. The third kappa shape index (κ3) is 6.94. The van der Waals surface area contributed by atoms with Crippen LogP contribution in [-0.2, 0) is 19.6 Å². The summed E-state index contributed by atoms with van der Waals surface area (Å²) in [6.07, 6.45) is 3.27. The van der Waals surface area contributed by atoms with E-state index >= 15 is 0 Å². The van der Waals surface area contributed by atoms with Crippen LogP contribution in [0.3, 0.4) is 0 Å². The number of hydrogen-bond acceptors (Lipinski definition) is 6. The van der Waals surface area contributed by atoms with E-state index in [2.05, 4.69) is 10.3 Å². The van der Waals surface area contributed by atoms with Gasteiger partial charge in [0.1, 0.15) is 5.82 Å². The number of halogens is 1. The maximum Gasteiger partial charge on any atom is 0.244 e. The monoisotopic (exact) mass is 468 g/mol. The molecule has 1 aromatic carbocycles. The predicted octanol–water partition coefficient (Wildman–Crippen LogP) is 2.77. The molecular formula is C20H25FN4O4S2. The standard InChI is InChI=1S/C20H25FN4O4S2/c1-4-31(28,29)24(3)13-7-12-22-19(27)11-10-16-14-30-20(23-16)25(15(2)26)18-9-6-5-8-17(18)21/h5-6,8-11,14H,4,7,12-13H2,1-3H3,(H,22,27)/b11-10+. The van der Waals surface area contributed by atoms with Crippen LogP contribution in [0.2, 0.25) is 0 Å². The second kappa shape index (κ2) is 11.1. The van der Waals surface area contributed by atoms with Crippen molar-refractivity contribution in [3.8, 4) is 0 Å². The zero-order valence-corrected chi connectivity index (χ0v) is 19.2. The Morgan fingerprint density at radius 1 is 1.29 bits per heavy atom. The van der Waals surface area contributed by atoms with Gasteiger partial charge in [0.25, 0.3) is 0 Å². The molecule has 2 amide bonds. The van der Waals surface area contributed by atoms with Gasteiger partial charge < -0.3 is 5.32 Å². The molecule has 1 N–H and O–H groups in total. The van der Waals surface area contributed by atoms with Crippen LogP contribution in [0.25, 0.3) is 6.08 Å². The minimum Gasteiger partial charge on any atom is -0.353 e. The average Bonchev–Trinajstić information content (AvgIpc) is 3.19. The van der Waals surface area contributed by atoms with Crippen LogP contribution >= 0.6 is 11.3 Å². The Bertz CT molecular complexity index is 1050. The Hall–Kier alpha value is -2.63. The number of nitrogens with zero attached hydrogens (tertiary/aromatic N) is 3. The van der Waals surface area contributed by atoms with Crippen molar-refractivity contribution in [3.63, 3.8) is 0 Å². The van der Waals surface area contributed by atoms with Crippen LogP contribution in [0.15, 0.2) is 35.7 Å². The maximum absolute atomic E-state index is 14.1. The van der Waals surface area contributed by atoms with Gasteiger partial charge >= 0.3 is 0 Å². The molecule has 0 saturated heterocycles. The Balaban J connectivity index is 1.93. The topological polar surface area (TPSA) is 99.7 Å². The van der Waals surface area contributed by atoms with E-state index in [1.165, 1.54) is 53.5 Å². The summed E-state index contributed by atoms with van der Waals surface area (Å²) in [7, 11) is -1.72. The Kier molecular flexibility index (Phi) is 8.84. The number of amides is 2. The van der Waals surface area contributed by atoms with Crippen molar-refractivity contribution in [1.82, 2.24) is 14.6 Å². The molecule has 0 saturated carbocycles. The molecule has 0 fully saturated rings. The van der Waals surface area contributed by atoms with Crippen molar-refractivity contribution in [3.05, 3.63) is 47.2 Å². The van der Waals surface area contributed by atoms with E-state index in [1.807, 2.05) is 0 Å². The maximum atomic E-state index is 14.1. The molecule has 2 aromatic rings. The highest BCUT2D eigenvalue weighted by Crippen LogP contribution is 2.30. The second-order valence-corrected chi connectivity index (χ2v) is 9.76. The number of sulfonamides is 1. The van der Waals surface area contributed by atoms with Crippen LogP contribution in [0.1, 0.15) is 26.0 Å². The SMILES string of the molecule is CCS(=O)(=O)N(C)CCCNC(=O)/C=C/c1csc(N(C(C)=O)c2ccccc2F)n1. The van der Waals surface area contributed by atoms with Crippen molar-refractivity contribution in [2.24, 2.45) is 0 Å². The number of nitrogens with one attached hydrogen (secondary N) is 1. The summed E-state index contributed by atoms with van der Waals surface area (Å²) in [5.74, 6) is -1.25. The summed E-state index contributed by atoms with van der Waals surface area (Å²) >= 11 is 1.15. The molecule has 0 atom stereocenters. The van der Waals surface area contributed by atoms with E-state index in [9.17, 15) is 22.4 Å². The lowest BCUT2D eigenvalue weighted by Crippen LogP contribution is -2.32. The summed E-state index contributed by atoms with van der Waals surface area (Å²) in [4.78, 5) is 29.5. The smallest absolute Gasteiger partial charge is 0.244 e. The lowest BCUT2D eigenvalue weighted by atomic mass is 10.3. The molecule has 168 valence electrons. The van der Waals surface area contributed by atoms with Gasteiger partial charge in [0.15, 0.2) is 5.13 Å². The molecule has 11 heteroatoms. The molecule has 0 aliphatic carbocycles. The lowest BCUT2D eigenvalue weighted by molar-refractivity contribution is -0.117. The van der Waals surface area contributed by atoms with Gasteiger partial charge in [0, 0.05) is 38.5 Å². The fraction of sp³-hybridized carbons (Fsp3) is 0.350. The number of aromatic nitrogens is 1. The molecule has 0 spiro atoms. The van der Waals surface area contributed by atoms with Crippen molar-refractivity contribution in [1.29, 1.82) is 0 Å². The molecule has 0 aliphatic rings. The number of anilines is 2. The van der Waals surface area contributed by atoms with Crippen LogP contribution in [0.5, 0.6) is 0 Å². The summed E-state index contributed by atoms with van der Waals surface area (Å²) in [6, 6.07) is 5.92. The van der Waals surface area contributed by atoms with Crippen LogP contribution in [0.4, 0.5) is 15.2 Å². The number of para-hydroxylation sites is 1. The second-order valence-electron chi connectivity index (χ2n) is 6.56. The number of carbonyl (C=O) groups is 2. The van der Waals surface area contributed by atoms with Gasteiger partial charge in [0.2, 0.25) is 21.8 Å². The van der Waals surface area contributed by atoms with Gasteiger partial charge in [-0.15, -0.1) is 11.3 Å². The van der Waals surface area contributed by atoms with Crippen LogP contribution in [-0.4, -0.2) is 55.4 Å². The number of rotatable bonds is 10. The zero-order chi connectivity index (χ0) is 23.0.